The van der Waals surface area contributed by atoms with Crippen LogP contribution in [0.3, 0.4) is 0 Å². The quantitative estimate of drug-likeness (QED) is 0.554. The van der Waals surface area contributed by atoms with E-state index in [1.165, 1.54) is 19.4 Å². The average Bonchev–Trinajstić information content (AvgIpc) is 2.93. The molecular weight excluding hydrogens is 280 g/mol. The highest BCUT2D eigenvalue weighted by Crippen LogP contribution is 2.23. The molecule has 0 fully saturated rings. The van der Waals surface area contributed by atoms with Gasteiger partial charge in [-0.15, -0.1) is 0 Å². The van der Waals surface area contributed by atoms with E-state index in [1.807, 2.05) is 0 Å². The van der Waals surface area contributed by atoms with Gasteiger partial charge in [0.2, 0.25) is 10.0 Å². The van der Waals surface area contributed by atoms with E-state index in [2.05, 4.69) is 25.2 Å². The molecule has 0 saturated carbocycles. The maximum atomic E-state index is 11.9. The number of aromatic amines is 1. The van der Waals surface area contributed by atoms with Crippen LogP contribution in [-0.4, -0.2) is 37.2 Å². The lowest BCUT2D eigenvalue weighted by molar-refractivity contribution is 0.588. The lowest BCUT2D eigenvalue weighted by Gasteiger charge is -2.12. The molecule has 108 valence electrons. The van der Waals surface area contributed by atoms with E-state index in [4.69, 9.17) is 5.73 Å². The van der Waals surface area contributed by atoms with E-state index < -0.39 is 10.0 Å². The third-order valence-electron chi connectivity index (χ3n) is 2.71. The standard InChI is InChI=1S/C11H16N6O2S/c1-13-20(18,19)10-6-8(12)2-3-9(10)14-5-4-11-15-7-16-17-11/h2-3,6-7,13-14H,4-5,12H2,1H3,(H,15,16,17). The Morgan fingerprint density at radius 2 is 2.20 bits per heavy atom. The number of benzene rings is 1. The molecular formula is C11H16N6O2S. The summed E-state index contributed by atoms with van der Waals surface area (Å²) in [7, 11) is -2.21. The highest BCUT2D eigenvalue weighted by molar-refractivity contribution is 7.89. The molecule has 5 N–H and O–H groups in total. The molecule has 0 amide bonds. The number of rotatable bonds is 6. The second-order valence-electron chi connectivity index (χ2n) is 4.07. The van der Waals surface area contributed by atoms with Crippen molar-refractivity contribution in [3.05, 3.63) is 30.4 Å². The van der Waals surface area contributed by atoms with Gasteiger partial charge >= 0.3 is 0 Å². The van der Waals surface area contributed by atoms with Gasteiger partial charge in [0.05, 0.1) is 5.69 Å². The Morgan fingerprint density at radius 3 is 2.85 bits per heavy atom. The number of nitrogens with one attached hydrogen (secondary N) is 3. The van der Waals surface area contributed by atoms with Crippen LogP contribution in [0.2, 0.25) is 0 Å². The Kier molecular flexibility index (Phi) is 4.20. The zero-order chi connectivity index (χ0) is 14.6. The van der Waals surface area contributed by atoms with E-state index in [0.29, 0.717) is 24.3 Å². The molecule has 0 spiro atoms. The topological polar surface area (TPSA) is 126 Å². The molecule has 0 bridgehead atoms. The first-order valence-corrected chi connectivity index (χ1v) is 7.42. The summed E-state index contributed by atoms with van der Waals surface area (Å²) in [4.78, 5) is 4.11. The smallest absolute Gasteiger partial charge is 0.242 e. The van der Waals surface area contributed by atoms with Gasteiger partial charge in [-0.3, -0.25) is 5.10 Å². The average molecular weight is 296 g/mol. The first kappa shape index (κ1) is 14.3. The predicted octanol–water partition coefficient (Wildman–Crippen LogP) is -0.0504. The minimum atomic E-state index is -3.56. The van der Waals surface area contributed by atoms with Crippen LogP contribution in [0.4, 0.5) is 11.4 Å². The second-order valence-corrected chi connectivity index (χ2v) is 5.93. The molecule has 0 radical (unpaired) electrons. The molecule has 1 heterocycles. The molecule has 1 aromatic heterocycles. The van der Waals surface area contributed by atoms with Gasteiger partial charge in [-0.05, 0) is 25.2 Å². The Morgan fingerprint density at radius 1 is 1.40 bits per heavy atom. The first-order chi connectivity index (χ1) is 9.53. The van der Waals surface area contributed by atoms with Gasteiger partial charge in [0.1, 0.15) is 17.0 Å². The third-order valence-corrected chi connectivity index (χ3v) is 4.16. The van der Waals surface area contributed by atoms with E-state index >= 15 is 0 Å². The van der Waals surface area contributed by atoms with Crippen LogP contribution >= 0.6 is 0 Å². The van der Waals surface area contributed by atoms with Crippen molar-refractivity contribution >= 4 is 21.4 Å². The Bertz CT molecular complexity index is 668. The van der Waals surface area contributed by atoms with E-state index in [-0.39, 0.29) is 4.90 Å². The Balaban J connectivity index is 2.15. The summed E-state index contributed by atoms with van der Waals surface area (Å²) in [5, 5.41) is 9.54. The van der Waals surface area contributed by atoms with E-state index in [0.717, 1.165) is 5.82 Å². The van der Waals surface area contributed by atoms with Crippen molar-refractivity contribution in [1.82, 2.24) is 19.9 Å². The lowest BCUT2D eigenvalue weighted by Crippen LogP contribution is -2.21. The SMILES string of the molecule is CNS(=O)(=O)c1cc(N)ccc1NCCc1ncn[nH]1. The summed E-state index contributed by atoms with van der Waals surface area (Å²) in [6.45, 7) is 0.519. The van der Waals surface area contributed by atoms with Crippen molar-refractivity contribution in [2.24, 2.45) is 0 Å². The fourth-order valence-corrected chi connectivity index (χ4v) is 2.62. The van der Waals surface area contributed by atoms with Crippen LogP contribution < -0.4 is 15.8 Å². The zero-order valence-electron chi connectivity index (χ0n) is 10.9. The molecule has 0 saturated heterocycles. The van der Waals surface area contributed by atoms with Gasteiger partial charge < -0.3 is 11.1 Å². The fraction of sp³-hybridized carbons (Fsp3) is 0.273. The number of nitrogen functional groups attached to an aromatic ring is 1. The highest BCUT2D eigenvalue weighted by Gasteiger charge is 2.16. The number of anilines is 2. The Hall–Kier alpha value is -2.13. The second kappa shape index (κ2) is 5.88. The summed E-state index contributed by atoms with van der Waals surface area (Å²) < 4.78 is 26.1. The van der Waals surface area contributed by atoms with Crippen LogP contribution in [0.5, 0.6) is 0 Å². The summed E-state index contributed by atoms with van der Waals surface area (Å²) in [5.41, 5.74) is 6.52. The minimum absolute atomic E-state index is 0.123. The number of hydrogen-bond acceptors (Lipinski definition) is 6. The number of sulfonamides is 1. The summed E-state index contributed by atoms with van der Waals surface area (Å²) in [5.74, 6) is 0.728. The number of nitrogens with zero attached hydrogens (tertiary/aromatic N) is 2. The van der Waals surface area contributed by atoms with Crippen molar-refractivity contribution in [1.29, 1.82) is 0 Å². The van der Waals surface area contributed by atoms with E-state index in [9.17, 15) is 8.42 Å². The molecule has 0 aliphatic heterocycles. The van der Waals surface area contributed by atoms with Crippen LogP contribution in [-0.2, 0) is 16.4 Å². The number of hydrogen-bond donors (Lipinski definition) is 4. The maximum Gasteiger partial charge on any atom is 0.242 e. The molecule has 0 unspecified atom stereocenters. The highest BCUT2D eigenvalue weighted by atomic mass is 32.2. The third kappa shape index (κ3) is 3.25. The number of aromatic nitrogens is 3. The van der Waals surface area contributed by atoms with Gasteiger partial charge in [-0.2, -0.15) is 5.10 Å². The summed E-state index contributed by atoms with van der Waals surface area (Å²) in [6, 6.07) is 4.70. The van der Waals surface area contributed by atoms with Crippen molar-refractivity contribution in [2.75, 3.05) is 24.6 Å². The summed E-state index contributed by atoms with van der Waals surface area (Å²) in [6.07, 6.45) is 2.03. The monoisotopic (exact) mass is 296 g/mol. The molecule has 20 heavy (non-hydrogen) atoms. The predicted molar refractivity (Wildman–Crippen MR) is 75.7 cm³/mol. The molecule has 2 aromatic rings. The molecule has 0 aliphatic carbocycles. The molecule has 1 aromatic carbocycles. The Labute approximate surface area is 116 Å². The number of H-pyrrole nitrogens is 1. The lowest BCUT2D eigenvalue weighted by atomic mass is 10.2. The first-order valence-electron chi connectivity index (χ1n) is 5.94. The van der Waals surface area contributed by atoms with Gasteiger partial charge in [-0.25, -0.2) is 18.1 Å². The molecule has 9 heteroatoms. The van der Waals surface area contributed by atoms with Crippen molar-refractivity contribution in [3.8, 4) is 0 Å². The normalized spacial score (nSPS) is 11.4. The number of nitrogens with two attached hydrogens (primary N) is 1. The van der Waals surface area contributed by atoms with Gasteiger partial charge in [0.25, 0.3) is 0 Å². The van der Waals surface area contributed by atoms with Gasteiger partial charge in [-0.1, -0.05) is 0 Å². The molecule has 0 atom stereocenters. The largest absolute Gasteiger partial charge is 0.399 e. The van der Waals surface area contributed by atoms with Gasteiger partial charge in [0, 0.05) is 18.7 Å². The molecule has 0 aliphatic rings. The van der Waals surface area contributed by atoms with Crippen LogP contribution in [0, 0.1) is 0 Å². The van der Waals surface area contributed by atoms with Crippen molar-refractivity contribution < 1.29 is 8.42 Å². The van der Waals surface area contributed by atoms with E-state index in [1.54, 1.807) is 12.1 Å². The van der Waals surface area contributed by atoms with Crippen LogP contribution in [0.15, 0.2) is 29.4 Å². The van der Waals surface area contributed by atoms with Crippen LogP contribution in [0.1, 0.15) is 5.82 Å². The van der Waals surface area contributed by atoms with Crippen molar-refractivity contribution in [2.45, 2.75) is 11.3 Å². The van der Waals surface area contributed by atoms with Crippen LogP contribution in [0.25, 0.3) is 0 Å². The minimum Gasteiger partial charge on any atom is -0.399 e. The molecule has 8 nitrogen and oxygen atoms in total. The summed E-state index contributed by atoms with van der Waals surface area (Å²) >= 11 is 0. The zero-order valence-corrected chi connectivity index (χ0v) is 11.7. The maximum absolute atomic E-state index is 11.9. The van der Waals surface area contributed by atoms with Gasteiger partial charge in [0.15, 0.2) is 0 Å². The fourth-order valence-electron chi connectivity index (χ4n) is 1.68. The van der Waals surface area contributed by atoms with Crippen molar-refractivity contribution in [3.63, 3.8) is 0 Å². The molecule has 2 rings (SSSR count).